The first-order valence-electron chi connectivity index (χ1n) is 11.2. The first kappa shape index (κ1) is 20.4. The Bertz CT molecular complexity index is 920. The average Bonchev–Trinajstić information content (AvgIpc) is 3.51. The number of ether oxygens (including phenoxy) is 2. The molecule has 1 amide bonds. The summed E-state index contributed by atoms with van der Waals surface area (Å²) in [6.07, 6.45) is 5.23. The zero-order valence-corrected chi connectivity index (χ0v) is 18.0. The van der Waals surface area contributed by atoms with Crippen LogP contribution in [0.25, 0.3) is 11.3 Å². The number of piperidine rings is 1. The fourth-order valence-electron chi connectivity index (χ4n) is 4.67. The molecular weight excluding hydrogens is 398 g/mol. The number of anilines is 1. The molecule has 0 unspecified atom stereocenters. The van der Waals surface area contributed by atoms with Crippen LogP contribution >= 0.6 is 0 Å². The third kappa shape index (κ3) is 4.29. The molecule has 0 N–H and O–H groups in total. The SMILES string of the molecule is Cc1cc(-c2cnc(N3CCOCC3)nc2[C@H]2CCCN(C(=O)[C@@H]3CCCO3)C2)on1. The lowest BCUT2D eigenvalue weighted by Crippen LogP contribution is -2.44. The summed E-state index contributed by atoms with van der Waals surface area (Å²) in [5.74, 6) is 1.61. The number of morpholine rings is 1. The lowest BCUT2D eigenvalue weighted by atomic mass is 9.91. The summed E-state index contributed by atoms with van der Waals surface area (Å²) in [5, 5.41) is 4.05. The van der Waals surface area contributed by atoms with Gasteiger partial charge < -0.3 is 23.8 Å². The van der Waals surface area contributed by atoms with Crippen molar-refractivity contribution in [2.24, 2.45) is 0 Å². The van der Waals surface area contributed by atoms with Crippen LogP contribution in [0.2, 0.25) is 0 Å². The summed E-state index contributed by atoms with van der Waals surface area (Å²) >= 11 is 0. The number of rotatable bonds is 4. The van der Waals surface area contributed by atoms with Crippen molar-refractivity contribution in [1.82, 2.24) is 20.0 Å². The molecule has 0 spiro atoms. The summed E-state index contributed by atoms with van der Waals surface area (Å²) in [7, 11) is 0. The Morgan fingerprint density at radius 2 is 2.00 bits per heavy atom. The van der Waals surface area contributed by atoms with Crippen LogP contribution in [0.1, 0.15) is 43.0 Å². The van der Waals surface area contributed by atoms with Crippen LogP contribution in [0.4, 0.5) is 5.95 Å². The van der Waals surface area contributed by atoms with Crippen molar-refractivity contribution < 1.29 is 18.8 Å². The van der Waals surface area contributed by atoms with E-state index in [0.717, 1.165) is 62.3 Å². The van der Waals surface area contributed by atoms with Crippen molar-refractivity contribution >= 4 is 11.9 Å². The van der Waals surface area contributed by atoms with Crippen LogP contribution in [0, 0.1) is 6.92 Å². The third-order valence-electron chi connectivity index (χ3n) is 6.32. The summed E-state index contributed by atoms with van der Waals surface area (Å²) in [6.45, 7) is 6.88. The molecule has 9 nitrogen and oxygen atoms in total. The number of carbonyl (C=O) groups excluding carboxylic acids is 1. The maximum Gasteiger partial charge on any atom is 0.251 e. The van der Waals surface area contributed by atoms with Crippen molar-refractivity contribution in [2.45, 2.75) is 44.6 Å². The Hall–Kier alpha value is -2.52. The fourth-order valence-corrected chi connectivity index (χ4v) is 4.67. The predicted molar refractivity (Wildman–Crippen MR) is 113 cm³/mol. The lowest BCUT2D eigenvalue weighted by Gasteiger charge is -2.35. The first-order valence-corrected chi connectivity index (χ1v) is 11.2. The largest absolute Gasteiger partial charge is 0.378 e. The molecule has 0 aliphatic carbocycles. The Morgan fingerprint density at radius 3 is 2.74 bits per heavy atom. The van der Waals surface area contributed by atoms with Crippen molar-refractivity contribution in [3.05, 3.63) is 23.7 Å². The van der Waals surface area contributed by atoms with Crippen molar-refractivity contribution in [2.75, 3.05) is 50.9 Å². The first-order chi connectivity index (χ1) is 15.2. The smallest absolute Gasteiger partial charge is 0.251 e. The number of hydrogen-bond donors (Lipinski definition) is 0. The van der Waals surface area contributed by atoms with Crippen LogP contribution in [-0.4, -0.2) is 78.0 Å². The van der Waals surface area contributed by atoms with Crippen molar-refractivity contribution in [3.63, 3.8) is 0 Å². The molecule has 0 aromatic carbocycles. The molecule has 5 heterocycles. The van der Waals surface area contributed by atoms with Crippen LogP contribution in [0.3, 0.4) is 0 Å². The highest BCUT2D eigenvalue weighted by Crippen LogP contribution is 2.35. The number of carbonyl (C=O) groups is 1. The molecule has 3 saturated heterocycles. The summed E-state index contributed by atoms with van der Waals surface area (Å²) in [6, 6.07) is 1.91. The van der Waals surface area contributed by atoms with Gasteiger partial charge in [0.1, 0.15) is 6.10 Å². The molecule has 0 saturated carbocycles. The third-order valence-corrected chi connectivity index (χ3v) is 6.32. The van der Waals surface area contributed by atoms with E-state index in [2.05, 4.69) is 15.0 Å². The van der Waals surface area contributed by atoms with Gasteiger partial charge in [0.2, 0.25) is 5.95 Å². The number of aromatic nitrogens is 3. The van der Waals surface area contributed by atoms with Crippen molar-refractivity contribution in [3.8, 4) is 11.3 Å². The van der Waals surface area contributed by atoms with E-state index < -0.39 is 0 Å². The lowest BCUT2D eigenvalue weighted by molar-refractivity contribution is -0.142. The maximum absolute atomic E-state index is 13.0. The zero-order valence-electron chi connectivity index (χ0n) is 18.0. The van der Waals surface area contributed by atoms with E-state index in [4.69, 9.17) is 19.0 Å². The van der Waals surface area contributed by atoms with Gasteiger partial charge in [-0.05, 0) is 32.6 Å². The maximum atomic E-state index is 13.0. The number of likely N-dealkylation sites (tertiary alicyclic amines) is 1. The highest BCUT2D eigenvalue weighted by atomic mass is 16.5. The molecular formula is C22H29N5O4. The second-order valence-electron chi connectivity index (χ2n) is 8.53. The molecule has 2 aromatic heterocycles. The van der Waals surface area contributed by atoms with Gasteiger partial charge in [-0.1, -0.05) is 5.16 Å². The Balaban J connectivity index is 1.45. The van der Waals surface area contributed by atoms with Gasteiger partial charge in [-0.25, -0.2) is 9.97 Å². The summed E-state index contributed by atoms with van der Waals surface area (Å²) in [5.41, 5.74) is 2.60. The number of aryl methyl sites for hydroxylation is 1. The van der Waals surface area contributed by atoms with Gasteiger partial charge in [0.25, 0.3) is 5.91 Å². The summed E-state index contributed by atoms with van der Waals surface area (Å²) in [4.78, 5) is 26.7. The van der Waals surface area contributed by atoms with Gasteiger partial charge in [-0.2, -0.15) is 0 Å². The normalized spacial score (nSPS) is 24.5. The minimum Gasteiger partial charge on any atom is -0.378 e. The molecule has 3 aliphatic heterocycles. The highest BCUT2D eigenvalue weighted by Gasteiger charge is 2.34. The Labute approximate surface area is 181 Å². The van der Waals surface area contributed by atoms with Gasteiger partial charge in [-0.15, -0.1) is 0 Å². The van der Waals surface area contributed by atoms with Gasteiger partial charge in [0, 0.05) is 51.0 Å². The number of nitrogens with zero attached hydrogens (tertiary/aromatic N) is 5. The van der Waals surface area contributed by atoms with Crippen LogP contribution in [0.15, 0.2) is 16.8 Å². The molecule has 31 heavy (non-hydrogen) atoms. The van der Waals surface area contributed by atoms with E-state index in [1.54, 1.807) is 0 Å². The zero-order chi connectivity index (χ0) is 21.2. The van der Waals surface area contributed by atoms with Gasteiger partial charge in [0.05, 0.1) is 30.2 Å². The van der Waals surface area contributed by atoms with Gasteiger partial charge >= 0.3 is 0 Å². The minimum atomic E-state index is -0.288. The monoisotopic (exact) mass is 427 g/mol. The molecule has 0 bridgehead atoms. The predicted octanol–water partition coefficient (Wildman–Crippen LogP) is 2.16. The topological polar surface area (TPSA) is 93.8 Å². The summed E-state index contributed by atoms with van der Waals surface area (Å²) < 4.78 is 16.7. The second-order valence-corrected chi connectivity index (χ2v) is 8.53. The molecule has 2 aromatic rings. The number of hydrogen-bond acceptors (Lipinski definition) is 8. The fraction of sp³-hybridized carbons (Fsp3) is 0.636. The van der Waals surface area contributed by atoms with Crippen LogP contribution in [-0.2, 0) is 14.3 Å². The standard InChI is InChI=1S/C22H29N5O4/c1-15-12-19(31-25-15)17-13-23-22(26-7-10-29-11-8-26)24-20(17)16-4-2-6-27(14-16)21(28)18-5-3-9-30-18/h12-13,16,18H,2-11,14H2,1H3/t16-,18-/m0/s1. The highest BCUT2D eigenvalue weighted by molar-refractivity contribution is 5.81. The van der Waals surface area contributed by atoms with Crippen LogP contribution in [0.5, 0.6) is 0 Å². The second kappa shape index (κ2) is 8.92. The van der Waals surface area contributed by atoms with E-state index in [0.29, 0.717) is 38.1 Å². The molecule has 0 radical (unpaired) electrons. The van der Waals surface area contributed by atoms with Crippen molar-refractivity contribution in [1.29, 1.82) is 0 Å². The van der Waals surface area contributed by atoms with E-state index in [1.807, 2.05) is 24.1 Å². The van der Waals surface area contributed by atoms with E-state index in [-0.39, 0.29) is 17.9 Å². The molecule has 166 valence electrons. The van der Waals surface area contributed by atoms with Gasteiger partial charge in [-0.3, -0.25) is 4.79 Å². The molecule has 3 fully saturated rings. The quantitative estimate of drug-likeness (QED) is 0.733. The van der Waals surface area contributed by atoms with Gasteiger partial charge in [0.15, 0.2) is 5.76 Å². The average molecular weight is 428 g/mol. The Morgan fingerprint density at radius 1 is 1.13 bits per heavy atom. The van der Waals surface area contributed by atoms with E-state index in [9.17, 15) is 4.79 Å². The Kier molecular flexibility index (Phi) is 5.87. The molecule has 3 aliphatic rings. The number of amides is 1. The van der Waals surface area contributed by atoms with E-state index >= 15 is 0 Å². The molecule has 2 atom stereocenters. The molecule has 9 heteroatoms. The van der Waals surface area contributed by atoms with E-state index in [1.165, 1.54) is 0 Å². The molecule has 5 rings (SSSR count). The van der Waals surface area contributed by atoms with Crippen LogP contribution < -0.4 is 4.90 Å². The minimum absolute atomic E-state index is 0.113.